The lowest BCUT2D eigenvalue weighted by Crippen LogP contribution is -2.53. The highest BCUT2D eigenvalue weighted by molar-refractivity contribution is 7.86. The maximum absolute atomic E-state index is 13.0. The topological polar surface area (TPSA) is 96.2 Å². The van der Waals surface area contributed by atoms with Gasteiger partial charge in [-0.2, -0.15) is 17.0 Å². The second-order valence-electron chi connectivity index (χ2n) is 6.43. The molecule has 2 aliphatic rings. The third kappa shape index (κ3) is 3.91. The van der Waals surface area contributed by atoms with E-state index in [-0.39, 0.29) is 24.6 Å². The molecule has 0 radical (unpaired) electrons. The van der Waals surface area contributed by atoms with E-state index in [0.717, 1.165) is 0 Å². The van der Waals surface area contributed by atoms with Crippen molar-refractivity contribution in [2.24, 2.45) is 5.73 Å². The molecule has 2 atom stereocenters. The molecule has 2 saturated heterocycles. The molecule has 0 unspecified atom stereocenters. The Morgan fingerprint density at radius 2 is 1.83 bits per heavy atom. The largest absolute Gasteiger partial charge is 0.381 e. The van der Waals surface area contributed by atoms with Crippen LogP contribution in [0.5, 0.6) is 0 Å². The number of carbonyl (C=O) groups is 1. The zero-order chi connectivity index (χ0) is 17.9. The molecular weight excluding hydrogens is 332 g/mol. The average Bonchev–Trinajstić information content (AvgIpc) is 2.98. The number of amides is 1. The minimum Gasteiger partial charge on any atom is -0.381 e. The lowest BCUT2D eigenvalue weighted by atomic mass is 10.1. The summed E-state index contributed by atoms with van der Waals surface area (Å²) in [5.74, 6) is -0.150. The Labute approximate surface area is 145 Å². The third-order valence-electron chi connectivity index (χ3n) is 5.01. The number of methoxy groups -OCH3 is 1. The Morgan fingerprint density at radius 1 is 1.25 bits per heavy atom. The maximum Gasteiger partial charge on any atom is 0.282 e. The molecule has 0 saturated carbocycles. The van der Waals surface area contributed by atoms with E-state index in [1.165, 1.54) is 8.61 Å². The standard InChI is InChI=1S/C15H30N4O4S/c1-4-17(5-2)15(20)14-10-12(16)11-19(14)24(21,22)18-8-6-13(23-3)7-9-18/h12-14H,4-11,16H2,1-3H3/t12-,14+/m1/s1. The third-order valence-corrected chi connectivity index (χ3v) is 7.02. The summed E-state index contributed by atoms with van der Waals surface area (Å²) in [6.07, 6.45) is 1.82. The Hall–Kier alpha value is -0.740. The molecule has 140 valence electrons. The van der Waals surface area contributed by atoms with Crippen molar-refractivity contribution in [2.45, 2.75) is 51.3 Å². The average molecular weight is 362 g/mol. The summed E-state index contributed by atoms with van der Waals surface area (Å²) in [5, 5.41) is 0. The first kappa shape index (κ1) is 19.6. The lowest BCUT2D eigenvalue weighted by molar-refractivity contribution is -0.134. The van der Waals surface area contributed by atoms with Gasteiger partial charge in [-0.25, -0.2) is 0 Å². The van der Waals surface area contributed by atoms with Gasteiger partial charge in [0.05, 0.1) is 6.10 Å². The van der Waals surface area contributed by atoms with E-state index in [1.807, 2.05) is 13.8 Å². The zero-order valence-corrected chi connectivity index (χ0v) is 15.7. The summed E-state index contributed by atoms with van der Waals surface area (Å²) in [5.41, 5.74) is 5.99. The van der Waals surface area contributed by atoms with Crippen LogP contribution in [0.3, 0.4) is 0 Å². The van der Waals surface area contributed by atoms with Gasteiger partial charge < -0.3 is 15.4 Å². The Balaban J connectivity index is 2.16. The number of carbonyl (C=O) groups excluding carboxylic acids is 1. The van der Waals surface area contributed by atoms with Crippen molar-refractivity contribution in [3.63, 3.8) is 0 Å². The number of nitrogens with zero attached hydrogens (tertiary/aromatic N) is 3. The van der Waals surface area contributed by atoms with E-state index < -0.39 is 16.3 Å². The van der Waals surface area contributed by atoms with Gasteiger partial charge >= 0.3 is 0 Å². The predicted octanol–water partition coefficient (Wildman–Crippen LogP) is -0.388. The molecule has 0 aliphatic carbocycles. The fraction of sp³-hybridized carbons (Fsp3) is 0.933. The van der Waals surface area contributed by atoms with Gasteiger partial charge in [0, 0.05) is 45.9 Å². The van der Waals surface area contributed by atoms with Crippen LogP contribution in [0.15, 0.2) is 0 Å². The van der Waals surface area contributed by atoms with E-state index >= 15 is 0 Å². The van der Waals surface area contributed by atoms with Crippen LogP contribution in [0.4, 0.5) is 0 Å². The Morgan fingerprint density at radius 3 is 2.33 bits per heavy atom. The first-order valence-corrected chi connectivity index (χ1v) is 10.1. The highest BCUT2D eigenvalue weighted by Crippen LogP contribution is 2.27. The van der Waals surface area contributed by atoms with Crippen LogP contribution in [0, 0.1) is 0 Å². The number of hydrogen-bond donors (Lipinski definition) is 1. The normalized spacial score (nSPS) is 27.5. The molecule has 24 heavy (non-hydrogen) atoms. The lowest BCUT2D eigenvalue weighted by Gasteiger charge is -2.35. The molecule has 2 N–H and O–H groups in total. The molecule has 0 aromatic heterocycles. The molecule has 0 spiro atoms. The minimum atomic E-state index is -3.69. The van der Waals surface area contributed by atoms with Crippen LogP contribution in [-0.4, -0.2) is 85.9 Å². The van der Waals surface area contributed by atoms with Gasteiger partial charge in [-0.15, -0.1) is 0 Å². The summed E-state index contributed by atoms with van der Waals surface area (Å²) in [6.45, 7) is 5.94. The monoisotopic (exact) mass is 362 g/mol. The van der Waals surface area contributed by atoms with Crippen LogP contribution >= 0.6 is 0 Å². The summed E-state index contributed by atoms with van der Waals surface area (Å²) in [6, 6.07) is -0.995. The number of ether oxygens (including phenoxy) is 1. The Bertz CT molecular complexity index is 530. The van der Waals surface area contributed by atoms with Gasteiger partial charge in [0.2, 0.25) is 5.91 Å². The second-order valence-corrected chi connectivity index (χ2v) is 8.31. The van der Waals surface area contributed by atoms with E-state index in [4.69, 9.17) is 10.5 Å². The second kappa shape index (κ2) is 8.09. The predicted molar refractivity (Wildman–Crippen MR) is 91.5 cm³/mol. The highest BCUT2D eigenvalue weighted by atomic mass is 32.2. The van der Waals surface area contributed by atoms with Crippen molar-refractivity contribution in [2.75, 3.05) is 39.8 Å². The molecule has 2 heterocycles. The zero-order valence-electron chi connectivity index (χ0n) is 14.8. The minimum absolute atomic E-state index is 0.102. The Kier molecular flexibility index (Phi) is 6.60. The quantitative estimate of drug-likeness (QED) is 0.694. The van der Waals surface area contributed by atoms with Gasteiger partial charge in [-0.1, -0.05) is 0 Å². The first-order valence-electron chi connectivity index (χ1n) is 8.69. The van der Waals surface area contributed by atoms with Gasteiger partial charge in [0.1, 0.15) is 6.04 Å². The van der Waals surface area contributed by atoms with Crippen LogP contribution in [0.1, 0.15) is 33.1 Å². The van der Waals surface area contributed by atoms with E-state index in [2.05, 4.69) is 0 Å². The summed E-state index contributed by atoms with van der Waals surface area (Å²) in [7, 11) is -2.04. The van der Waals surface area contributed by atoms with Crippen LogP contribution in [0.25, 0.3) is 0 Å². The molecule has 0 aromatic carbocycles. The molecule has 0 aromatic rings. The van der Waals surface area contributed by atoms with Crippen LogP contribution < -0.4 is 5.73 Å². The first-order chi connectivity index (χ1) is 11.3. The van der Waals surface area contributed by atoms with Gasteiger partial charge in [-0.05, 0) is 33.1 Å². The van der Waals surface area contributed by atoms with Gasteiger partial charge in [-0.3, -0.25) is 4.79 Å². The van der Waals surface area contributed by atoms with Crippen molar-refractivity contribution in [3.8, 4) is 0 Å². The van der Waals surface area contributed by atoms with Crippen molar-refractivity contribution in [3.05, 3.63) is 0 Å². The van der Waals surface area contributed by atoms with Crippen molar-refractivity contribution in [1.82, 2.24) is 13.5 Å². The molecule has 8 nitrogen and oxygen atoms in total. The molecule has 0 bridgehead atoms. The maximum atomic E-state index is 13.0. The number of hydrogen-bond acceptors (Lipinski definition) is 5. The number of nitrogens with two attached hydrogens (primary N) is 1. The number of likely N-dealkylation sites (N-methyl/N-ethyl adjacent to an activating group) is 1. The van der Waals surface area contributed by atoms with Gasteiger partial charge in [0.25, 0.3) is 10.2 Å². The molecule has 1 amide bonds. The SMILES string of the molecule is CCN(CC)C(=O)[C@@H]1C[C@@H](N)CN1S(=O)(=O)N1CCC(OC)CC1. The van der Waals surface area contributed by atoms with Crippen LogP contribution in [0.2, 0.25) is 0 Å². The van der Waals surface area contributed by atoms with E-state index in [0.29, 0.717) is 45.4 Å². The van der Waals surface area contributed by atoms with Gasteiger partial charge in [0.15, 0.2) is 0 Å². The van der Waals surface area contributed by atoms with Crippen molar-refractivity contribution < 1.29 is 17.9 Å². The smallest absolute Gasteiger partial charge is 0.282 e. The van der Waals surface area contributed by atoms with Crippen molar-refractivity contribution in [1.29, 1.82) is 0 Å². The molecule has 9 heteroatoms. The number of rotatable bonds is 6. The fourth-order valence-corrected chi connectivity index (χ4v) is 5.36. The summed E-state index contributed by atoms with van der Waals surface area (Å²) in [4.78, 5) is 14.4. The van der Waals surface area contributed by atoms with Crippen molar-refractivity contribution >= 4 is 16.1 Å². The summed E-state index contributed by atoms with van der Waals surface area (Å²) >= 11 is 0. The van der Waals surface area contributed by atoms with E-state index in [9.17, 15) is 13.2 Å². The molecule has 2 aliphatic heterocycles. The molecular formula is C15H30N4O4S. The fourth-order valence-electron chi connectivity index (χ4n) is 3.51. The van der Waals surface area contributed by atoms with E-state index in [1.54, 1.807) is 12.0 Å². The number of piperidine rings is 1. The van der Waals surface area contributed by atoms with Crippen LogP contribution in [-0.2, 0) is 19.7 Å². The summed E-state index contributed by atoms with van der Waals surface area (Å²) < 4.78 is 34.1. The molecule has 2 rings (SSSR count). The molecule has 2 fully saturated rings. The highest BCUT2D eigenvalue weighted by Gasteiger charge is 2.46.